The number of halogens is 3. The van der Waals surface area contributed by atoms with Crippen molar-refractivity contribution in [3.05, 3.63) is 94.4 Å². The first-order chi connectivity index (χ1) is 14.0. The fourth-order valence-electron chi connectivity index (χ4n) is 3.15. The van der Waals surface area contributed by atoms with Gasteiger partial charge in [-0.3, -0.25) is 4.57 Å². The Bertz CT molecular complexity index is 1220. The zero-order valence-corrected chi connectivity index (χ0v) is 16.3. The molecule has 0 bridgehead atoms. The Kier molecular flexibility index (Phi) is 5.09. The van der Waals surface area contributed by atoms with Crippen LogP contribution in [-0.2, 0) is 0 Å². The Morgan fingerprint density at radius 2 is 1.69 bits per heavy atom. The van der Waals surface area contributed by atoms with Gasteiger partial charge in [-0.15, -0.1) is 0 Å². The van der Waals surface area contributed by atoms with E-state index in [1.54, 1.807) is 47.0 Å². The minimum absolute atomic E-state index is 0.0320. The number of hydrogen-bond acceptors (Lipinski definition) is 2. The number of benzene rings is 3. The highest BCUT2D eigenvalue weighted by molar-refractivity contribution is 6.31. The van der Waals surface area contributed by atoms with E-state index in [0.29, 0.717) is 22.1 Å². The van der Waals surface area contributed by atoms with Gasteiger partial charge in [0.1, 0.15) is 5.82 Å². The predicted octanol–water partition coefficient (Wildman–Crippen LogP) is 6.35. The van der Waals surface area contributed by atoms with Crippen LogP contribution in [0.25, 0.3) is 28.3 Å². The van der Waals surface area contributed by atoms with E-state index in [-0.39, 0.29) is 22.0 Å². The number of imidazole rings is 1. The maximum absolute atomic E-state index is 14.9. The van der Waals surface area contributed by atoms with Crippen molar-refractivity contribution in [2.75, 3.05) is 0 Å². The molecule has 3 aromatic carbocycles. The Labute approximate surface area is 175 Å². The first kappa shape index (κ1) is 19.2. The van der Waals surface area contributed by atoms with Crippen LogP contribution in [0.4, 0.5) is 4.39 Å². The molecule has 0 saturated heterocycles. The van der Waals surface area contributed by atoms with Crippen LogP contribution in [0.5, 0.6) is 0 Å². The van der Waals surface area contributed by atoms with Crippen LogP contribution >= 0.6 is 23.2 Å². The molecule has 0 aliphatic rings. The fourth-order valence-corrected chi connectivity index (χ4v) is 3.51. The molecule has 29 heavy (non-hydrogen) atoms. The molecule has 0 fully saturated rings. The van der Waals surface area contributed by atoms with Gasteiger partial charge in [-0.2, -0.15) is 0 Å². The molecule has 0 radical (unpaired) electrons. The van der Waals surface area contributed by atoms with Crippen molar-refractivity contribution < 1.29 is 14.3 Å². The summed E-state index contributed by atoms with van der Waals surface area (Å²) in [6.07, 6.45) is 0. The fraction of sp³-hybridized carbons (Fsp3) is 0. The second-order valence-corrected chi connectivity index (χ2v) is 7.06. The molecule has 7 heteroatoms. The van der Waals surface area contributed by atoms with Gasteiger partial charge in [0, 0.05) is 21.8 Å². The van der Waals surface area contributed by atoms with Gasteiger partial charge in [0.15, 0.2) is 11.5 Å². The molecule has 4 nitrogen and oxygen atoms in total. The summed E-state index contributed by atoms with van der Waals surface area (Å²) < 4.78 is 16.5. The van der Waals surface area contributed by atoms with E-state index in [9.17, 15) is 14.3 Å². The lowest BCUT2D eigenvalue weighted by molar-refractivity contribution is 0.0692. The Morgan fingerprint density at radius 3 is 2.38 bits per heavy atom. The molecule has 1 heterocycles. The summed E-state index contributed by atoms with van der Waals surface area (Å²) in [6, 6.07) is 20.3. The van der Waals surface area contributed by atoms with Crippen LogP contribution < -0.4 is 0 Å². The van der Waals surface area contributed by atoms with Crippen molar-refractivity contribution in [2.45, 2.75) is 0 Å². The van der Waals surface area contributed by atoms with Gasteiger partial charge in [0.2, 0.25) is 0 Å². The summed E-state index contributed by atoms with van der Waals surface area (Å²) in [5.74, 6) is -1.66. The third-order valence-corrected chi connectivity index (χ3v) is 4.91. The summed E-state index contributed by atoms with van der Waals surface area (Å²) in [5, 5.41) is 10.2. The smallest absolute Gasteiger partial charge is 0.356 e. The maximum atomic E-state index is 14.9. The van der Waals surface area contributed by atoms with Gasteiger partial charge in [-0.25, -0.2) is 14.2 Å². The second-order valence-electron chi connectivity index (χ2n) is 6.22. The minimum Gasteiger partial charge on any atom is -0.476 e. The molecule has 0 amide bonds. The van der Waals surface area contributed by atoms with Crippen LogP contribution in [-0.4, -0.2) is 20.6 Å². The monoisotopic (exact) mass is 426 g/mol. The highest BCUT2D eigenvalue weighted by Gasteiger charge is 2.27. The van der Waals surface area contributed by atoms with Crippen molar-refractivity contribution in [3.63, 3.8) is 0 Å². The lowest BCUT2D eigenvalue weighted by atomic mass is 10.1. The number of aromatic carboxylic acids is 1. The normalized spacial score (nSPS) is 10.9. The van der Waals surface area contributed by atoms with E-state index in [1.165, 1.54) is 12.1 Å². The molecule has 1 N–H and O–H groups in total. The molecule has 0 aliphatic heterocycles. The topological polar surface area (TPSA) is 55.1 Å². The average Bonchev–Trinajstić information content (AvgIpc) is 3.11. The zero-order valence-electron chi connectivity index (χ0n) is 14.8. The summed E-state index contributed by atoms with van der Waals surface area (Å²) in [6.45, 7) is 0. The number of rotatable bonds is 4. The van der Waals surface area contributed by atoms with Crippen molar-refractivity contribution in [1.29, 1.82) is 0 Å². The molecule has 0 saturated carbocycles. The van der Waals surface area contributed by atoms with Crippen molar-refractivity contribution in [3.8, 4) is 28.3 Å². The van der Waals surface area contributed by atoms with Gasteiger partial charge < -0.3 is 5.11 Å². The number of aromatic nitrogens is 2. The molecule has 0 spiro atoms. The largest absolute Gasteiger partial charge is 0.476 e. The number of carboxylic acids is 1. The third-order valence-electron chi connectivity index (χ3n) is 4.39. The third kappa shape index (κ3) is 3.50. The van der Waals surface area contributed by atoms with Crippen molar-refractivity contribution in [2.24, 2.45) is 0 Å². The van der Waals surface area contributed by atoms with Gasteiger partial charge in [-0.05, 0) is 30.3 Å². The van der Waals surface area contributed by atoms with Crippen LogP contribution in [0.3, 0.4) is 0 Å². The quantitative estimate of drug-likeness (QED) is 0.413. The summed E-state index contributed by atoms with van der Waals surface area (Å²) in [4.78, 5) is 16.4. The maximum Gasteiger partial charge on any atom is 0.356 e. The highest BCUT2D eigenvalue weighted by atomic mass is 35.5. The van der Waals surface area contributed by atoms with Crippen LogP contribution in [0.15, 0.2) is 72.8 Å². The Morgan fingerprint density at radius 1 is 0.966 bits per heavy atom. The molecule has 144 valence electrons. The molecule has 0 unspecified atom stereocenters. The second kappa shape index (κ2) is 7.70. The first-order valence-electron chi connectivity index (χ1n) is 8.59. The Balaban J connectivity index is 2.15. The van der Waals surface area contributed by atoms with Gasteiger partial charge in [0.25, 0.3) is 0 Å². The van der Waals surface area contributed by atoms with Crippen molar-refractivity contribution >= 4 is 29.2 Å². The highest BCUT2D eigenvalue weighted by Crippen LogP contribution is 2.36. The van der Waals surface area contributed by atoms with E-state index < -0.39 is 11.8 Å². The van der Waals surface area contributed by atoms with Crippen LogP contribution in [0.2, 0.25) is 10.0 Å². The van der Waals surface area contributed by atoms with E-state index in [0.717, 1.165) is 0 Å². The molecular weight excluding hydrogens is 414 g/mol. The molecule has 4 aromatic rings. The lowest BCUT2D eigenvalue weighted by Gasteiger charge is -2.14. The number of nitrogens with zero attached hydrogens (tertiary/aromatic N) is 2. The van der Waals surface area contributed by atoms with Crippen LogP contribution in [0.1, 0.15) is 10.5 Å². The molecule has 0 aliphatic carbocycles. The lowest BCUT2D eigenvalue weighted by Crippen LogP contribution is -2.04. The van der Waals surface area contributed by atoms with E-state index in [1.807, 2.05) is 18.2 Å². The number of carboxylic acid groups (broad SMARTS) is 1. The molecule has 0 atom stereocenters. The molecular formula is C22H13Cl2FN2O2. The number of carbonyl (C=O) groups is 1. The summed E-state index contributed by atoms with van der Waals surface area (Å²) in [5.41, 5.74) is 1.04. The van der Waals surface area contributed by atoms with E-state index >= 15 is 0 Å². The minimum atomic E-state index is -1.28. The molecule has 4 rings (SSSR count). The molecule has 1 aromatic heterocycles. The van der Waals surface area contributed by atoms with E-state index in [4.69, 9.17) is 23.2 Å². The predicted molar refractivity (Wildman–Crippen MR) is 111 cm³/mol. The number of hydrogen-bond donors (Lipinski definition) is 1. The van der Waals surface area contributed by atoms with E-state index in [2.05, 4.69) is 4.98 Å². The van der Waals surface area contributed by atoms with Gasteiger partial charge in [-0.1, -0.05) is 65.7 Å². The first-order valence-corrected chi connectivity index (χ1v) is 9.34. The SMILES string of the molecule is O=C(O)c1nc(-c2ccccc2)n(-c2cccc(Cl)c2)c1-c1cccc(Cl)c1F. The van der Waals surface area contributed by atoms with Gasteiger partial charge in [0.05, 0.1) is 10.7 Å². The Hall–Kier alpha value is -3.15. The van der Waals surface area contributed by atoms with Crippen LogP contribution in [0, 0.1) is 5.82 Å². The standard InChI is InChI=1S/C22H13Cl2FN2O2/c23-14-8-4-9-15(12-14)27-20(16-10-5-11-17(24)18(16)25)19(22(28)29)26-21(27)13-6-2-1-3-7-13/h1-12H,(H,28,29). The van der Waals surface area contributed by atoms with Crippen molar-refractivity contribution in [1.82, 2.24) is 9.55 Å². The van der Waals surface area contributed by atoms with Gasteiger partial charge >= 0.3 is 5.97 Å². The summed E-state index contributed by atoms with van der Waals surface area (Å²) >= 11 is 12.1. The zero-order chi connectivity index (χ0) is 20.5. The summed E-state index contributed by atoms with van der Waals surface area (Å²) in [7, 11) is 0. The average molecular weight is 427 g/mol.